The van der Waals surface area contributed by atoms with Gasteiger partial charge in [-0.15, -0.1) is 0 Å². The van der Waals surface area contributed by atoms with E-state index in [4.69, 9.17) is 11.5 Å². The monoisotopic (exact) mass is 324 g/mol. The number of unbranched alkanes of at least 4 members (excludes halogenated alkanes) is 1. The Hall–Kier alpha value is -0.850. The van der Waals surface area contributed by atoms with Crippen LogP contribution in [-0.2, 0) is 9.53 Å². The predicted octanol–water partition coefficient (Wildman–Crippen LogP) is -4.51. The fraction of sp³-hybridized carbons (Fsp3) is 0.917. The lowest BCUT2D eigenvalue weighted by atomic mass is 9.82. The summed E-state index contributed by atoms with van der Waals surface area (Å²) in [4.78, 5) is 11.8. The predicted molar refractivity (Wildman–Crippen MR) is 72.0 cm³/mol. The van der Waals surface area contributed by atoms with Crippen LogP contribution in [0.4, 0.5) is 0 Å². The van der Waals surface area contributed by atoms with Crippen LogP contribution in [0.5, 0.6) is 0 Å². The molecule has 0 unspecified atom stereocenters. The largest absolute Gasteiger partial charge is 0.426 e. The summed E-state index contributed by atoms with van der Waals surface area (Å²) >= 11 is 0. The van der Waals surface area contributed by atoms with Gasteiger partial charge in [-0.2, -0.15) is 0 Å². The lowest BCUT2D eigenvalue weighted by Crippen LogP contribution is -2.72. The molecule has 0 amide bonds. The number of carbonyl (C=O) groups is 1. The Morgan fingerprint density at radius 3 is 2.00 bits per heavy atom. The van der Waals surface area contributed by atoms with Crippen LogP contribution < -0.4 is 11.5 Å². The van der Waals surface area contributed by atoms with Gasteiger partial charge < -0.3 is 46.8 Å². The molecule has 0 spiro atoms. The minimum atomic E-state index is -2.99. The molecule has 0 aromatic heterocycles. The molecule has 10 heteroatoms. The third kappa shape index (κ3) is 3.73. The van der Waals surface area contributed by atoms with Crippen LogP contribution in [-0.4, -0.2) is 85.5 Å². The smallest absolute Gasteiger partial charge is 0.325 e. The highest BCUT2D eigenvalue weighted by molar-refractivity contribution is 5.75. The van der Waals surface area contributed by atoms with E-state index < -0.39 is 48.3 Å². The van der Waals surface area contributed by atoms with Crippen LogP contribution >= 0.6 is 0 Å². The molecule has 10 nitrogen and oxygen atoms in total. The highest BCUT2D eigenvalue weighted by Gasteiger charge is 2.60. The summed E-state index contributed by atoms with van der Waals surface area (Å²) in [7, 11) is 0. The summed E-state index contributed by atoms with van der Waals surface area (Å²) in [5.74, 6) is -4.12. The molecule has 1 aliphatic carbocycles. The topological polar surface area (TPSA) is 200 Å². The highest BCUT2D eigenvalue weighted by Crippen LogP contribution is 2.31. The summed E-state index contributed by atoms with van der Waals surface area (Å²) in [6, 6.07) is -1.14. The summed E-state index contributed by atoms with van der Waals surface area (Å²) in [5.41, 5.74) is 10.9. The van der Waals surface area contributed by atoms with E-state index in [1.54, 1.807) is 0 Å². The molecule has 7 atom stereocenters. The first kappa shape index (κ1) is 19.2. The van der Waals surface area contributed by atoms with Gasteiger partial charge in [-0.1, -0.05) is 6.42 Å². The van der Waals surface area contributed by atoms with Crippen LogP contribution in [0.3, 0.4) is 0 Å². The Labute approximate surface area is 126 Å². The van der Waals surface area contributed by atoms with Crippen LogP contribution in [0.25, 0.3) is 0 Å². The van der Waals surface area contributed by atoms with Crippen molar-refractivity contribution in [3.63, 3.8) is 0 Å². The number of hydrogen-bond donors (Lipinski definition) is 8. The fourth-order valence-electron chi connectivity index (χ4n) is 2.22. The van der Waals surface area contributed by atoms with Crippen LogP contribution in [0.1, 0.15) is 19.3 Å². The molecular formula is C12H24N2O8. The van der Waals surface area contributed by atoms with Crippen molar-refractivity contribution in [2.24, 2.45) is 11.5 Å². The number of rotatable bonds is 6. The second-order valence-corrected chi connectivity index (χ2v) is 5.43. The van der Waals surface area contributed by atoms with Gasteiger partial charge in [-0.25, -0.2) is 0 Å². The average Bonchev–Trinajstić information content (AvgIpc) is 2.49. The molecule has 0 aromatic carbocycles. The molecule has 130 valence electrons. The summed E-state index contributed by atoms with van der Waals surface area (Å²) in [6.07, 6.45) is -9.05. The fourth-order valence-corrected chi connectivity index (χ4v) is 2.22. The molecule has 1 rings (SSSR count). The van der Waals surface area contributed by atoms with Crippen LogP contribution in [0.2, 0.25) is 0 Å². The SMILES string of the molecule is NCCCC[C@H](N)C(=O)O[C@]1(O)[C@H](O)[C@H](O)[C@@H](O)[C@H](O)[C@H]1O. The number of nitrogens with two attached hydrogens (primary N) is 2. The van der Waals surface area contributed by atoms with Crippen molar-refractivity contribution in [2.75, 3.05) is 6.54 Å². The maximum atomic E-state index is 11.8. The molecule has 1 aliphatic rings. The first-order valence-corrected chi connectivity index (χ1v) is 6.98. The number of aliphatic hydroxyl groups is 6. The van der Waals surface area contributed by atoms with Gasteiger partial charge in [0.25, 0.3) is 5.79 Å². The highest BCUT2D eigenvalue weighted by atomic mass is 16.7. The van der Waals surface area contributed by atoms with E-state index >= 15 is 0 Å². The molecule has 10 N–H and O–H groups in total. The van der Waals surface area contributed by atoms with E-state index in [0.717, 1.165) is 0 Å². The molecule has 0 aromatic rings. The number of hydrogen-bond acceptors (Lipinski definition) is 10. The number of esters is 1. The second-order valence-electron chi connectivity index (χ2n) is 5.43. The second kappa shape index (κ2) is 7.62. The molecule has 0 bridgehead atoms. The van der Waals surface area contributed by atoms with Crippen LogP contribution in [0.15, 0.2) is 0 Å². The van der Waals surface area contributed by atoms with Gasteiger partial charge in [-0.3, -0.25) is 4.79 Å². The summed E-state index contributed by atoms with van der Waals surface area (Å²) < 4.78 is 4.61. The zero-order valence-electron chi connectivity index (χ0n) is 11.9. The van der Waals surface area contributed by atoms with Gasteiger partial charge in [0.2, 0.25) is 0 Å². The molecule has 0 heterocycles. The van der Waals surface area contributed by atoms with E-state index in [9.17, 15) is 35.4 Å². The first-order valence-electron chi connectivity index (χ1n) is 6.98. The molecule has 22 heavy (non-hydrogen) atoms. The van der Waals surface area contributed by atoms with Crippen molar-refractivity contribution in [3.05, 3.63) is 0 Å². The van der Waals surface area contributed by atoms with Crippen molar-refractivity contribution in [1.29, 1.82) is 0 Å². The Bertz CT molecular complexity index is 366. The van der Waals surface area contributed by atoms with Crippen molar-refractivity contribution in [3.8, 4) is 0 Å². The normalized spacial score (nSPS) is 40.3. The third-order valence-electron chi connectivity index (χ3n) is 3.73. The summed E-state index contributed by atoms with van der Waals surface area (Å²) in [6.45, 7) is 0.416. The molecule has 1 fully saturated rings. The molecule has 0 saturated heterocycles. The number of aliphatic hydroxyl groups excluding tert-OH is 5. The van der Waals surface area contributed by atoms with Gasteiger partial charge >= 0.3 is 5.97 Å². The van der Waals surface area contributed by atoms with Gasteiger partial charge in [0.1, 0.15) is 24.4 Å². The van der Waals surface area contributed by atoms with Crippen molar-refractivity contribution >= 4 is 5.97 Å². The first-order chi connectivity index (χ1) is 10.2. The van der Waals surface area contributed by atoms with E-state index in [-0.39, 0.29) is 6.42 Å². The minimum absolute atomic E-state index is 0.200. The number of ether oxygens (including phenoxy) is 1. The Kier molecular flexibility index (Phi) is 6.65. The van der Waals surface area contributed by atoms with Gasteiger partial charge in [-0.05, 0) is 19.4 Å². The standard InChI is InChI=1S/C12H24N2O8/c13-4-2-1-3-5(14)11(20)22-12(21)9(18)7(16)6(15)8(17)10(12)19/h5-10,15-19,21H,1-4,13-14H2/t5-,6-,7-,8+,9+,10+,12-/m0/s1. The van der Waals surface area contributed by atoms with Crippen molar-refractivity contribution in [2.45, 2.75) is 61.6 Å². The average molecular weight is 324 g/mol. The quantitative estimate of drug-likeness (QED) is 0.134. The Morgan fingerprint density at radius 2 is 1.55 bits per heavy atom. The molecule has 0 radical (unpaired) electrons. The van der Waals surface area contributed by atoms with E-state index in [0.29, 0.717) is 19.4 Å². The molecule has 1 saturated carbocycles. The van der Waals surface area contributed by atoms with Gasteiger partial charge in [0.05, 0.1) is 0 Å². The Morgan fingerprint density at radius 1 is 1.05 bits per heavy atom. The lowest BCUT2D eigenvalue weighted by Gasteiger charge is -2.46. The van der Waals surface area contributed by atoms with Gasteiger partial charge in [0, 0.05) is 0 Å². The van der Waals surface area contributed by atoms with Gasteiger partial charge in [0.15, 0.2) is 12.2 Å². The van der Waals surface area contributed by atoms with Crippen molar-refractivity contribution in [1.82, 2.24) is 0 Å². The maximum absolute atomic E-state index is 11.8. The number of carbonyl (C=O) groups excluding carboxylic acids is 1. The van der Waals surface area contributed by atoms with E-state index in [1.165, 1.54) is 0 Å². The zero-order valence-corrected chi connectivity index (χ0v) is 11.9. The molecule has 0 aliphatic heterocycles. The maximum Gasteiger partial charge on any atom is 0.325 e. The van der Waals surface area contributed by atoms with E-state index in [2.05, 4.69) is 4.74 Å². The summed E-state index contributed by atoms with van der Waals surface area (Å²) in [5, 5.41) is 58.0. The lowest BCUT2D eigenvalue weighted by molar-refractivity contribution is -0.348. The van der Waals surface area contributed by atoms with Crippen LogP contribution in [0, 0.1) is 0 Å². The van der Waals surface area contributed by atoms with E-state index in [1.807, 2.05) is 0 Å². The minimum Gasteiger partial charge on any atom is -0.426 e. The third-order valence-corrected chi connectivity index (χ3v) is 3.73. The zero-order chi connectivity index (χ0) is 17.1. The Balaban J connectivity index is 2.77. The van der Waals surface area contributed by atoms with Crippen molar-refractivity contribution < 1.29 is 40.2 Å². The molecular weight excluding hydrogens is 300 g/mol.